The molecule has 1 aromatic rings. The fraction of sp³-hybridized carbons (Fsp3) is 0.500. The highest BCUT2D eigenvalue weighted by atomic mass is 15.1. The Bertz CT molecular complexity index is 380. The van der Waals surface area contributed by atoms with Crippen molar-refractivity contribution in [2.75, 3.05) is 11.5 Å². The Labute approximate surface area is 90.8 Å². The highest BCUT2D eigenvalue weighted by Gasteiger charge is 2.41. The standard InChI is InChI=1S/C12H19N3/c1-11(2)7-5-9(13)10(14)6-8(7)12(3,4)15-11/h5-6,15H,13-14H2,1-4H3. The van der Waals surface area contributed by atoms with E-state index in [1.807, 2.05) is 12.1 Å². The number of anilines is 2. The van der Waals surface area contributed by atoms with Gasteiger partial charge < -0.3 is 11.5 Å². The molecule has 0 unspecified atom stereocenters. The summed E-state index contributed by atoms with van der Waals surface area (Å²) in [5.41, 5.74) is 15.5. The predicted molar refractivity (Wildman–Crippen MR) is 64.5 cm³/mol. The molecule has 15 heavy (non-hydrogen) atoms. The summed E-state index contributed by atoms with van der Waals surface area (Å²) in [6, 6.07) is 3.98. The van der Waals surface area contributed by atoms with E-state index in [2.05, 4.69) is 33.0 Å². The molecule has 0 saturated heterocycles. The van der Waals surface area contributed by atoms with Crippen LogP contribution in [-0.4, -0.2) is 0 Å². The van der Waals surface area contributed by atoms with Crippen LogP contribution in [-0.2, 0) is 11.1 Å². The van der Waals surface area contributed by atoms with E-state index in [-0.39, 0.29) is 11.1 Å². The van der Waals surface area contributed by atoms with Crippen molar-refractivity contribution >= 4 is 11.4 Å². The Morgan fingerprint density at radius 1 is 0.867 bits per heavy atom. The van der Waals surface area contributed by atoms with Crippen molar-refractivity contribution < 1.29 is 0 Å². The minimum absolute atomic E-state index is 0.0410. The molecule has 82 valence electrons. The van der Waals surface area contributed by atoms with Gasteiger partial charge in [-0.3, -0.25) is 5.32 Å². The van der Waals surface area contributed by atoms with Gasteiger partial charge in [0.15, 0.2) is 0 Å². The lowest BCUT2D eigenvalue weighted by Gasteiger charge is -2.25. The molecule has 1 aliphatic rings. The summed E-state index contributed by atoms with van der Waals surface area (Å²) in [6.45, 7) is 8.65. The van der Waals surface area contributed by atoms with Crippen molar-refractivity contribution in [3.05, 3.63) is 23.3 Å². The summed E-state index contributed by atoms with van der Waals surface area (Å²) in [5, 5.41) is 3.58. The summed E-state index contributed by atoms with van der Waals surface area (Å²) in [7, 11) is 0. The fourth-order valence-corrected chi connectivity index (χ4v) is 2.58. The van der Waals surface area contributed by atoms with Crippen LogP contribution < -0.4 is 16.8 Å². The lowest BCUT2D eigenvalue weighted by atomic mass is 9.89. The normalized spacial score (nSPS) is 21.3. The number of fused-ring (bicyclic) bond motifs is 1. The number of nitrogens with one attached hydrogen (secondary N) is 1. The topological polar surface area (TPSA) is 64.1 Å². The Morgan fingerprint density at radius 2 is 1.20 bits per heavy atom. The average Bonchev–Trinajstić information content (AvgIpc) is 2.21. The molecule has 5 N–H and O–H groups in total. The lowest BCUT2D eigenvalue weighted by Crippen LogP contribution is -2.39. The van der Waals surface area contributed by atoms with Gasteiger partial charge in [-0.1, -0.05) is 0 Å². The molecule has 0 amide bonds. The van der Waals surface area contributed by atoms with Gasteiger partial charge in [-0.15, -0.1) is 0 Å². The number of benzene rings is 1. The molecule has 0 fully saturated rings. The van der Waals surface area contributed by atoms with Crippen molar-refractivity contribution in [1.82, 2.24) is 5.32 Å². The smallest absolute Gasteiger partial charge is 0.0551 e. The third kappa shape index (κ3) is 1.38. The first-order valence-corrected chi connectivity index (χ1v) is 5.23. The third-order valence-corrected chi connectivity index (χ3v) is 3.19. The van der Waals surface area contributed by atoms with Gasteiger partial charge >= 0.3 is 0 Å². The predicted octanol–water partition coefficient (Wildman–Crippen LogP) is 1.92. The van der Waals surface area contributed by atoms with E-state index < -0.39 is 0 Å². The van der Waals surface area contributed by atoms with E-state index in [0.29, 0.717) is 11.4 Å². The second kappa shape index (κ2) is 2.67. The molecule has 0 aromatic heterocycles. The van der Waals surface area contributed by atoms with Crippen molar-refractivity contribution in [3.63, 3.8) is 0 Å². The van der Waals surface area contributed by atoms with Crippen LogP contribution in [0.15, 0.2) is 12.1 Å². The maximum Gasteiger partial charge on any atom is 0.0551 e. The van der Waals surface area contributed by atoms with Gasteiger partial charge in [-0.05, 0) is 51.0 Å². The van der Waals surface area contributed by atoms with Crippen LogP contribution in [0.3, 0.4) is 0 Å². The molecule has 0 spiro atoms. The number of hydrogen-bond donors (Lipinski definition) is 3. The van der Waals surface area contributed by atoms with E-state index >= 15 is 0 Å². The lowest BCUT2D eigenvalue weighted by molar-refractivity contribution is 0.319. The number of nitrogen functional groups attached to an aromatic ring is 2. The monoisotopic (exact) mass is 205 g/mol. The third-order valence-electron chi connectivity index (χ3n) is 3.19. The van der Waals surface area contributed by atoms with Crippen LogP contribution in [0.5, 0.6) is 0 Å². The Balaban J connectivity index is 2.71. The molecule has 3 heteroatoms. The quantitative estimate of drug-likeness (QED) is 0.567. The number of rotatable bonds is 0. The van der Waals surface area contributed by atoms with E-state index in [9.17, 15) is 0 Å². The SMILES string of the molecule is CC1(C)NC(C)(C)c2cc(N)c(N)cc21. The molecule has 0 aliphatic carbocycles. The van der Waals surface area contributed by atoms with E-state index in [1.165, 1.54) is 11.1 Å². The second-order valence-electron chi connectivity index (χ2n) is 5.40. The van der Waals surface area contributed by atoms with Crippen LogP contribution in [0.25, 0.3) is 0 Å². The summed E-state index contributed by atoms with van der Waals surface area (Å²) in [5.74, 6) is 0. The zero-order valence-electron chi connectivity index (χ0n) is 9.81. The molecule has 0 radical (unpaired) electrons. The van der Waals surface area contributed by atoms with E-state index in [1.54, 1.807) is 0 Å². The molecule has 1 aromatic carbocycles. The first kappa shape index (κ1) is 10.3. The summed E-state index contributed by atoms with van der Waals surface area (Å²) >= 11 is 0. The van der Waals surface area contributed by atoms with Gasteiger partial charge in [0.05, 0.1) is 11.4 Å². The molecule has 3 nitrogen and oxygen atoms in total. The van der Waals surface area contributed by atoms with Gasteiger partial charge in [-0.2, -0.15) is 0 Å². The molecule has 1 heterocycles. The summed E-state index contributed by atoms with van der Waals surface area (Å²) < 4.78 is 0. The van der Waals surface area contributed by atoms with Crippen molar-refractivity contribution in [2.24, 2.45) is 0 Å². The van der Waals surface area contributed by atoms with Crippen LogP contribution in [0.4, 0.5) is 11.4 Å². The minimum atomic E-state index is -0.0410. The molecular formula is C12H19N3. The van der Waals surface area contributed by atoms with Gasteiger partial charge in [-0.25, -0.2) is 0 Å². The molecule has 1 aliphatic heterocycles. The van der Waals surface area contributed by atoms with Crippen LogP contribution in [0.1, 0.15) is 38.8 Å². The molecule has 0 atom stereocenters. The Kier molecular flexibility index (Phi) is 1.83. The Morgan fingerprint density at radius 3 is 1.53 bits per heavy atom. The van der Waals surface area contributed by atoms with E-state index in [0.717, 1.165) is 0 Å². The van der Waals surface area contributed by atoms with Gasteiger partial charge in [0.25, 0.3) is 0 Å². The number of hydrogen-bond acceptors (Lipinski definition) is 3. The van der Waals surface area contributed by atoms with Gasteiger partial charge in [0, 0.05) is 11.1 Å². The van der Waals surface area contributed by atoms with Crippen molar-refractivity contribution in [1.29, 1.82) is 0 Å². The van der Waals surface area contributed by atoms with Crippen LogP contribution >= 0.6 is 0 Å². The highest BCUT2D eigenvalue weighted by Crippen LogP contribution is 2.42. The van der Waals surface area contributed by atoms with Crippen molar-refractivity contribution in [2.45, 2.75) is 38.8 Å². The fourth-order valence-electron chi connectivity index (χ4n) is 2.58. The zero-order valence-corrected chi connectivity index (χ0v) is 9.81. The zero-order chi connectivity index (χ0) is 11.4. The Hall–Kier alpha value is -1.22. The maximum absolute atomic E-state index is 5.85. The average molecular weight is 205 g/mol. The van der Waals surface area contributed by atoms with Gasteiger partial charge in [0.2, 0.25) is 0 Å². The minimum Gasteiger partial charge on any atom is -0.397 e. The van der Waals surface area contributed by atoms with Crippen molar-refractivity contribution in [3.8, 4) is 0 Å². The van der Waals surface area contributed by atoms with Crippen LogP contribution in [0.2, 0.25) is 0 Å². The second-order valence-corrected chi connectivity index (χ2v) is 5.40. The first-order chi connectivity index (χ1) is 6.74. The highest BCUT2D eigenvalue weighted by molar-refractivity contribution is 5.68. The van der Waals surface area contributed by atoms with Crippen LogP contribution in [0, 0.1) is 0 Å². The molecule has 2 rings (SSSR count). The van der Waals surface area contributed by atoms with E-state index in [4.69, 9.17) is 11.5 Å². The molecule has 0 bridgehead atoms. The largest absolute Gasteiger partial charge is 0.397 e. The maximum atomic E-state index is 5.85. The summed E-state index contributed by atoms with van der Waals surface area (Å²) in [4.78, 5) is 0. The summed E-state index contributed by atoms with van der Waals surface area (Å²) in [6.07, 6.45) is 0. The first-order valence-electron chi connectivity index (χ1n) is 5.23. The molecule has 0 saturated carbocycles. The van der Waals surface area contributed by atoms with Gasteiger partial charge in [0.1, 0.15) is 0 Å². The number of nitrogens with two attached hydrogens (primary N) is 2. The molecular weight excluding hydrogens is 186 g/mol.